The molecule has 2 heteroatoms. The van der Waals surface area contributed by atoms with Crippen molar-refractivity contribution in [2.24, 2.45) is 0 Å². The summed E-state index contributed by atoms with van der Waals surface area (Å²) in [7, 11) is 0. The number of alkyl halides is 2. The van der Waals surface area contributed by atoms with E-state index in [1.165, 1.54) is 19.3 Å². The number of halogens is 2. The zero-order valence-corrected chi connectivity index (χ0v) is 9.20. The van der Waals surface area contributed by atoms with E-state index >= 15 is 0 Å². The Morgan fingerprint density at radius 1 is 1.00 bits per heavy atom. The second-order valence-corrected chi connectivity index (χ2v) is 5.62. The molecule has 0 saturated carbocycles. The molecule has 0 rings (SSSR count). The molecular weight excluding hydrogens is 244 g/mol. The third-order valence-electron chi connectivity index (χ3n) is 1.20. The van der Waals surface area contributed by atoms with Crippen molar-refractivity contribution in [3.63, 3.8) is 0 Å². The molecule has 9 heavy (non-hydrogen) atoms. The van der Waals surface area contributed by atoms with Crippen molar-refractivity contribution >= 4 is 31.9 Å². The fourth-order valence-electron chi connectivity index (χ4n) is 0.680. The van der Waals surface area contributed by atoms with Crippen molar-refractivity contribution < 1.29 is 0 Å². The van der Waals surface area contributed by atoms with Gasteiger partial charge in [-0.25, -0.2) is 0 Å². The van der Waals surface area contributed by atoms with Crippen LogP contribution in [0.1, 0.15) is 33.1 Å². The Labute approximate surface area is 74.7 Å². The van der Waals surface area contributed by atoms with Gasteiger partial charge in [-0.2, -0.15) is 0 Å². The molecule has 0 aromatic carbocycles. The van der Waals surface area contributed by atoms with Crippen molar-refractivity contribution in [3.8, 4) is 0 Å². The molecule has 0 aromatic rings. The minimum Gasteiger partial charge on any atom is -0.0894 e. The topological polar surface area (TPSA) is 0 Å². The molecule has 56 valence electrons. The molecule has 0 bridgehead atoms. The number of rotatable bonds is 4. The largest absolute Gasteiger partial charge is 0.0894 e. The summed E-state index contributed by atoms with van der Waals surface area (Å²) in [5.41, 5.74) is 0. The fourth-order valence-corrected chi connectivity index (χ4v) is 1.33. The molecule has 0 fully saturated rings. The first-order valence-electron chi connectivity index (χ1n) is 3.41. The van der Waals surface area contributed by atoms with Crippen molar-refractivity contribution in [3.05, 3.63) is 0 Å². The highest BCUT2D eigenvalue weighted by molar-refractivity contribution is 9.09. The van der Waals surface area contributed by atoms with Crippen LogP contribution in [0.4, 0.5) is 0 Å². The van der Waals surface area contributed by atoms with Crippen molar-refractivity contribution in [2.45, 2.75) is 42.8 Å². The molecule has 0 aliphatic carbocycles. The van der Waals surface area contributed by atoms with Gasteiger partial charge in [0.05, 0.1) is 0 Å². The third-order valence-corrected chi connectivity index (χ3v) is 2.12. The highest BCUT2D eigenvalue weighted by Crippen LogP contribution is 2.13. The summed E-state index contributed by atoms with van der Waals surface area (Å²) in [4.78, 5) is 1.37. The summed E-state index contributed by atoms with van der Waals surface area (Å²) in [5.74, 6) is 0. The normalized spacial score (nSPS) is 17.3. The maximum atomic E-state index is 3.51. The first kappa shape index (κ1) is 9.96. The monoisotopic (exact) mass is 256 g/mol. The molecule has 0 radical (unpaired) electrons. The van der Waals surface area contributed by atoms with Crippen LogP contribution in [0.2, 0.25) is 0 Å². The molecule has 2 atom stereocenters. The molecule has 0 aliphatic rings. The van der Waals surface area contributed by atoms with Crippen LogP contribution in [0.3, 0.4) is 0 Å². The lowest BCUT2D eigenvalue weighted by molar-refractivity contribution is 0.682. The van der Waals surface area contributed by atoms with E-state index in [-0.39, 0.29) is 0 Å². The highest BCUT2D eigenvalue weighted by atomic mass is 79.9. The van der Waals surface area contributed by atoms with Crippen LogP contribution in [0.25, 0.3) is 0 Å². The lowest BCUT2D eigenvalue weighted by Gasteiger charge is -2.03. The van der Waals surface area contributed by atoms with Gasteiger partial charge in [-0.3, -0.25) is 0 Å². The zero-order valence-electron chi connectivity index (χ0n) is 6.03. The highest BCUT2D eigenvalue weighted by Gasteiger charge is 1.98. The maximum absolute atomic E-state index is 3.51. The Morgan fingerprint density at radius 2 is 1.33 bits per heavy atom. The minimum absolute atomic E-state index is 0.684. The second kappa shape index (κ2) is 5.72. The van der Waals surface area contributed by atoms with Gasteiger partial charge in [0.1, 0.15) is 0 Å². The summed E-state index contributed by atoms with van der Waals surface area (Å²) in [6.45, 7) is 4.39. The predicted molar refractivity (Wildman–Crippen MR) is 50.6 cm³/mol. The standard InChI is InChI=1S/C7H14Br2/c1-6(8)4-3-5-7(2)9/h6-7H,3-5H2,1-2H3/t6-,7-/m1/s1. The van der Waals surface area contributed by atoms with E-state index in [0.717, 1.165) is 0 Å². The van der Waals surface area contributed by atoms with Crippen LogP contribution in [-0.2, 0) is 0 Å². The van der Waals surface area contributed by atoms with E-state index in [2.05, 4.69) is 45.7 Å². The maximum Gasteiger partial charge on any atom is 0.0117 e. The first-order chi connectivity index (χ1) is 4.13. The van der Waals surface area contributed by atoms with Gasteiger partial charge in [0.15, 0.2) is 0 Å². The average molecular weight is 258 g/mol. The SMILES string of the molecule is C[C@@H](Br)CCC[C@@H](C)Br. The van der Waals surface area contributed by atoms with Crippen LogP contribution in [0.15, 0.2) is 0 Å². The van der Waals surface area contributed by atoms with Crippen LogP contribution in [0.5, 0.6) is 0 Å². The lowest BCUT2D eigenvalue weighted by Crippen LogP contribution is -1.94. The van der Waals surface area contributed by atoms with E-state index in [1.807, 2.05) is 0 Å². The second-order valence-electron chi connectivity index (χ2n) is 2.49. The number of hydrogen-bond donors (Lipinski definition) is 0. The molecule has 0 aliphatic heterocycles. The molecule has 0 N–H and O–H groups in total. The Kier molecular flexibility index (Phi) is 6.33. The molecule has 0 saturated heterocycles. The van der Waals surface area contributed by atoms with Crippen LogP contribution in [0, 0.1) is 0 Å². The van der Waals surface area contributed by atoms with E-state index in [9.17, 15) is 0 Å². The Hall–Kier alpha value is 0.960. The van der Waals surface area contributed by atoms with Gasteiger partial charge in [-0.15, -0.1) is 0 Å². The van der Waals surface area contributed by atoms with E-state index in [4.69, 9.17) is 0 Å². The van der Waals surface area contributed by atoms with Crippen LogP contribution in [-0.4, -0.2) is 9.65 Å². The van der Waals surface area contributed by atoms with Crippen molar-refractivity contribution in [2.75, 3.05) is 0 Å². The molecule has 0 spiro atoms. The van der Waals surface area contributed by atoms with Crippen LogP contribution >= 0.6 is 31.9 Å². The molecule has 0 nitrogen and oxygen atoms in total. The summed E-state index contributed by atoms with van der Waals surface area (Å²) < 4.78 is 0. The number of hydrogen-bond acceptors (Lipinski definition) is 0. The van der Waals surface area contributed by atoms with Gasteiger partial charge in [0, 0.05) is 9.65 Å². The van der Waals surface area contributed by atoms with Crippen LogP contribution < -0.4 is 0 Å². The van der Waals surface area contributed by atoms with Gasteiger partial charge >= 0.3 is 0 Å². The van der Waals surface area contributed by atoms with Gasteiger partial charge < -0.3 is 0 Å². The zero-order chi connectivity index (χ0) is 7.28. The van der Waals surface area contributed by atoms with E-state index in [0.29, 0.717) is 9.65 Å². The van der Waals surface area contributed by atoms with Gasteiger partial charge in [-0.05, 0) is 12.8 Å². The Bertz CT molecular complexity index is 51.9. The smallest absolute Gasteiger partial charge is 0.0117 e. The lowest BCUT2D eigenvalue weighted by atomic mass is 10.2. The Morgan fingerprint density at radius 3 is 1.56 bits per heavy atom. The van der Waals surface area contributed by atoms with Gasteiger partial charge in [-0.1, -0.05) is 52.1 Å². The predicted octanol–water partition coefficient (Wildman–Crippen LogP) is 3.72. The molecule has 0 unspecified atom stereocenters. The van der Waals surface area contributed by atoms with Crippen molar-refractivity contribution in [1.82, 2.24) is 0 Å². The molecule has 0 amide bonds. The molecular formula is C7H14Br2. The van der Waals surface area contributed by atoms with Crippen molar-refractivity contribution in [1.29, 1.82) is 0 Å². The van der Waals surface area contributed by atoms with Gasteiger partial charge in [0.2, 0.25) is 0 Å². The Balaban J connectivity index is 2.91. The average Bonchev–Trinajstić information content (AvgIpc) is 1.63. The summed E-state index contributed by atoms with van der Waals surface area (Å²) >= 11 is 7.02. The summed E-state index contributed by atoms with van der Waals surface area (Å²) in [5, 5.41) is 0. The van der Waals surface area contributed by atoms with E-state index < -0.39 is 0 Å². The molecule has 0 heterocycles. The molecule has 0 aromatic heterocycles. The summed E-state index contributed by atoms with van der Waals surface area (Å²) in [6.07, 6.45) is 3.89. The fraction of sp³-hybridized carbons (Fsp3) is 1.00. The first-order valence-corrected chi connectivity index (χ1v) is 5.24. The quantitative estimate of drug-likeness (QED) is 0.674. The minimum atomic E-state index is 0.684. The summed E-state index contributed by atoms with van der Waals surface area (Å²) in [6, 6.07) is 0. The van der Waals surface area contributed by atoms with E-state index in [1.54, 1.807) is 0 Å². The third kappa shape index (κ3) is 8.96. The van der Waals surface area contributed by atoms with Gasteiger partial charge in [0.25, 0.3) is 0 Å².